The molecule has 0 aromatic heterocycles. The Kier molecular flexibility index (Phi) is 20.5. The largest absolute Gasteiger partial charge is 0.462 e. The number of rotatable bonds is 21. The minimum atomic E-state index is -0.348. The minimum Gasteiger partial charge on any atom is -0.462 e. The van der Waals surface area contributed by atoms with Gasteiger partial charge in [-0.15, -0.1) is 0 Å². The van der Waals surface area contributed by atoms with Crippen molar-refractivity contribution in [1.82, 2.24) is 0 Å². The number of carbonyl (C=O) groups excluding carboxylic acids is 1. The molecule has 0 N–H and O–H groups in total. The lowest BCUT2D eigenvalue weighted by Crippen LogP contribution is -2.09. The van der Waals surface area contributed by atoms with Crippen molar-refractivity contribution >= 4 is 5.97 Å². The summed E-state index contributed by atoms with van der Waals surface area (Å²) in [6, 6.07) is 0. The van der Waals surface area contributed by atoms with Crippen LogP contribution in [0.3, 0.4) is 0 Å². The van der Waals surface area contributed by atoms with Gasteiger partial charge in [0.15, 0.2) is 0 Å². The number of esters is 1. The third-order valence-electron chi connectivity index (χ3n) is 3.38. The average molecular weight is 391 g/mol. The van der Waals surface area contributed by atoms with Crippen molar-refractivity contribution in [2.75, 3.05) is 73.2 Å². The van der Waals surface area contributed by atoms with Gasteiger partial charge in [0.1, 0.15) is 0 Å². The lowest BCUT2D eigenvalue weighted by Gasteiger charge is -2.07. The van der Waals surface area contributed by atoms with Crippen LogP contribution in [-0.2, 0) is 33.2 Å². The Hall–Kier alpha value is -0.990. The summed E-state index contributed by atoms with van der Waals surface area (Å²) < 4.78 is 31.9. The van der Waals surface area contributed by atoms with E-state index in [-0.39, 0.29) is 5.97 Å². The molecular formula is C20H38O7. The van der Waals surface area contributed by atoms with E-state index in [4.69, 9.17) is 28.4 Å². The SMILES string of the molecule is C=C(C)C(=O)OCCCOCCCOCCCOCCCOCCCOC. The summed E-state index contributed by atoms with van der Waals surface area (Å²) in [5.41, 5.74) is 0.418. The molecule has 0 saturated carbocycles. The first-order valence-corrected chi connectivity index (χ1v) is 9.81. The monoisotopic (exact) mass is 390 g/mol. The van der Waals surface area contributed by atoms with Gasteiger partial charge in [-0.05, 0) is 32.6 Å². The molecule has 0 spiro atoms. The maximum absolute atomic E-state index is 11.1. The van der Waals surface area contributed by atoms with E-state index in [1.807, 2.05) is 0 Å². The van der Waals surface area contributed by atoms with E-state index in [2.05, 4.69) is 6.58 Å². The molecule has 0 aliphatic rings. The van der Waals surface area contributed by atoms with Gasteiger partial charge in [-0.2, -0.15) is 0 Å². The third kappa shape index (κ3) is 21.2. The summed E-state index contributed by atoms with van der Waals surface area (Å²) in [4.78, 5) is 11.1. The van der Waals surface area contributed by atoms with E-state index in [1.165, 1.54) is 0 Å². The Morgan fingerprint density at radius 2 is 0.963 bits per heavy atom. The Balaban J connectivity index is 3.05. The van der Waals surface area contributed by atoms with Crippen molar-refractivity contribution in [3.63, 3.8) is 0 Å². The molecule has 0 aliphatic heterocycles. The van der Waals surface area contributed by atoms with Gasteiger partial charge in [0, 0.05) is 78.6 Å². The zero-order valence-corrected chi connectivity index (χ0v) is 17.2. The quantitative estimate of drug-likeness (QED) is 0.169. The second kappa shape index (κ2) is 21.3. The molecule has 160 valence electrons. The number of hydrogen-bond acceptors (Lipinski definition) is 7. The Labute approximate surface area is 164 Å². The number of hydrogen-bond donors (Lipinski definition) is 0. The molecule has 0 heterocycles. The van der Waals surface area contributed by atoms with Gasteiger partial charge in [0.05, 0.1) is 6.61 Å². The Bertz CT molecular complexity index is 347. The molecule has 0 radical (unpaired) electrons. The van der Waals surface area contributed by atoms with Crippen LogP contribution in [-0.4, -0.2) is 79.1 Å². The molecule has 7 heteroatoms. The van der Waals surface area contributed by atoms with Crippen molar-refractivity contribution in [3.05, 3.63) is 12.2 Å². The van der Waals surface area contributed by atoms with Crippen molar-refractivity contribution in [2.45, 2.75) is 39.0 Å². The van der Waals surface area contributed by atoms with E-state index in [0.717, 1.165) is 52.1 Å². The van der Waals surface area contributed by atoms with E-state index < -0.39 is 0 Å². The Morgan fingerprint density at radius 3 is 1.30 bits per heavy atom. The predicted octanol–water partition coefficient (Wildman–Crippen LogP) is 2.77. The molecular weight excluding hydrogens is 352 g/mol. The fourth-order valence-electron chi connectivity index (χ4n) is 1.95. The molecule has 0 rings (SSSR count). The maximum Gasteiger partial charge on any atom is 0.333 e. The van der Waals surface area contributed by atoms with Gasteiger partial charge in [-0.1, -0.05) is 6.58 Å². The highest BCUT2D eigenvalue weighted by molar-refractivity contribution is 5.86. The summed E-state index contributed by atoms with van der Waals surface area (Å²) in [7, 11) is 1.70. The van der Waals surface area contributed by atoms with Gasteiger partial charge in [-0.3, -0.25) is 0 Å². The molecule has 0 aromatic rings. The van der Waals surface area contributed by atoms with Crippen LogP contribution in [0.1, 0.15) is 39.0 Å². The van der Waals surface area contributed by atoms with Crippen molar-refractivity contribution in [1.29, 1.82) is 0 Å². The van der Waals surface area contributed by atoms with Crippen LogP contribution in [0.15, 0.2) is 12.2 Å². The lowest BCUT2D eigenvalue weighted by molar-refractivity contribution is -0.139. The summed E-state index contributed by atoms with van der Waals surface area (Å²) >= 11 is 0. The standard InChI is InChI=1S/C20H38O7/c1-19(2)20(21)27-18-8-17-26-16-7-15-25-14-6-13-24-12-5-11-23-10-4-9-22-3/h1,4-18H2,2-3H3. The fourth-order valence-corrected chi connectivity index (χ4v) is 1.95. The van der Waals surface area contributed by atoms with Gasteiger partial charge in [0.25, 0.3) is 0 Å². The normalized spacial score (nSPS) is 10.9. The molecule has 0 bridgehead atoms. The third-order valence-corrected chi connectivity index (χ3v) is 3.38. The molecule has 0 amide bonds. The zero-order valence-electron chi connectivity index (χ0n) is 17.2. The van der Waals surface area contributed by atoms with E-state index in [1.54, 1.807) is 14.0 Å². The molecule has 27 heavy (non-hydrogen) atoms. The first-order valence-electron chi connectivity index (χ1n) is 9.81. The molecule has 0 fully saturated rings. The van der Waals surface area contributed by atoms with Crippen LogP contribution in [0.4, 0.5) is 0 Å². The predicted molar refractivity (Wildman–Crippen MR) is 104 cm³/mol. The Morgan fingerprint density at radius 1 is 0.630 bits per heavy atom. The van der Waals surface area contributed by atoms with E-state index in [9.17, 15) is 4.79 Å². The van der Waals surface area contributed by atoms with Gasteiger partial charge in [-0.25, -0.2) is 4.79 Å². The minimum absolute atomic E-state index is 0.348. The first-order chi connectivity index (χ1) is 13.2. The van der Waals surface area contributed by atoms with E-state index in [0.29, 0.717) is 51.6 Å². The van der Waals surface area contributed by atoms with Crippen LogP contribution in [0.25, 0.3) is 0 Å². The summed E-state index contributed by atoms with van der Waals surface area (Å²) in [6.45, 7) is 11.8. The van der Waals surface area contributed by atoms with Gasteiger partial charge < -0.3 is 28.4 Å². The fraction of sp³-hybridized carbons (Fsp3) is 0.850. The topological polar surface area (TPSA) is 72.5 Å². The zero-order chi connectivity index (χ0) is 20.0. The molecule has 0 atom stereocenters. The molecule has 0 aliphatic carbocycles. The van der Waals surface area contributed by atoms with E-state index >= 15 is 0 Å². The molecule has 0 saturated heterocycles. The number of methoxy groups -OCH3 is 1. The molecule has 0 aromatic carbocycles. The second-order valence-corrected chi connectivity index (χ2v) is 6.13. The van der Waals surface area contributed by atoms with Crippen LogP contribution in [0, 0.1) is 0 Å². The maximum atomic E-state index is 11.1. The van der Waals surface area contributed by atoms with Crippen molar-refractivity contribution in [2.24, 2.45) is 0 Å². The van der Waals surface area contributed by atoms with Crippen LogP contribution in [0.5, 0.6) is 0 Å². The van der Waals surface area contributed by atoms with Crippen molar-refractivity contribution < 1.29 is 33.2 Å². The highest BCUT2D eigenvalue weighted by Gasteiger charge is 2.01. The first kappa shape index (κ1) is 26.0. The van der Waals surface area contributed by atoms with Crippen LogP contribution < -0.4 is 0 Å². The van der Waals surface area contributed by atoms with Gasteiger partial charge in [0.2, 0.25) is 0 Å². The number of carbonyl (C=O) groups is 1. The average Bonchev–Trinajstić information content (AvgIpc) is 2.66. The highest BCUT2D eigenvalue weighted by atomic mass is 16.5. The van der Waals surface area contributed by atoms with Crippen LogP contribution in [0.2, 0.25) is 0 Å². The van der Waals surface area contributed by atoms with Crippen LogP contribution >= 0.6 is 0 Å². The summed E-state index contributed by atoms with van der Waals surface area (Å²) in [5, 5.41) is 0. The lowest BCUT2D eigenvalue weighted by atomic mass is 10.4. The smallest absolute Gasteiger partial charge is 0.333 e. The summed E-state index contributed by atoms with van der Waals surface area (Å²) in [5.74, 6) is -0.348. The van der Waals surface area contributed by atoms with Gasteiger partial charge >= 0.3 is 5.97 Å². The van der Waals surface area contributed by atoms with Crippen molar-refractivity contribution in [3.8, 4) is 0 Å². The highest BCUT2D eigenvalue weighted by Crippen LogP contribution is 1.95. The molecule has 7 nitrogen and oxygen atoms in total. The summed E-state index contributed by atoms with van der Waals surface area (Å²) in [6.07, 6.45) is 4.29. The second-order valence-electron chi connectivity index (χ2n) is 6.13. The molecule has 0 unspecified atom stereocenters. The number of ether oxygens (including phenoxy) is 6.